The van der Waals surface area contributed by atoms with Crippen molar-refractivity contribution in [1.82, 2.24) is 0 Å². The topological polar surface area (TPSA) is 55.8 Å². The van der Waals surface area contributed by atoms with Gasteiger partial charge in [-0.1, -0.05) is 18.7 Å². The molecule has 0 aromatic rings. The maximum absolute atomic E-state index is 10.2. The number of rotatable bonds is 5. The predicted octanol–water partition coefficient (Wildman–Crippen LogP) is 2.32. The van der Waals surface area contributed by atoms with Gasteiger partial charge in [0, 0.05) is 46.5 Å². The Hall–Kier alpha value is 0.888. The van der Waals surface area contributed by atoms with Gasteiger partial charge < -0.3 is 41.2 Å². The SMILES string of the molecule is CO.[B]C1CCC(COC)C1.[CH2-]CC(=O)COC.[CH3-].[CH3-].[V].[W+2]. The van der Waals surface area contributed by atoms with Crippen molar-refractivity contribution in [2.24, 2.45) is 5.92 Å². The van der Waals surface area contributed by atoms with Gasteiger partial charge in [-0.3, -0.25) is 0 Å². The molecule has 4 nitrogen and oxygen atoms in total. The summed E-state index contributed by atoms with van der Waals surface area (Å²) in [6, 6.07) is 0. The molecule has 1 rings (SSSR count). The second-order valence-electron chi connectivity index (χ2n) is 4.12. The summed E-state index contributed by atoms with van der Waals surface area (Å²) in [5, 5.41) is 7.00. The van der Waals surface area contributed by atoms with Gasteiger partial charge in [0.1, 0.15) is 12.4 Å². The first-order valence-corrected chi connectivity index (χ1v) is 6.13. The molecule has 22 heavy (non-hydrogen) atoms. The summed E-state index contributed by atoms with van der Waals surface area (Å²) >= 11 is 0. The molecule has 1 saturated carbocycles. The average molecular weight is 522 g/mol. The van der Waals surface area contributed by atoms with Crippen molar-refractivity contribution in [3.63, 3.8) is 0 Å². The number of Topliss-reactive ketones (excluding diaryl/α,β-unsaturated/α-hetero) is 1. The van der Waals surface area contributed by atoms with Crippen molar-refractivity contribution in [2.45, 2.75) is 31.5 Å². The number of aliphatic hydroxyl groups is 1. The largest absolute Gasteiger partial charge is 2.00 e. The molecule has 0 amide bonds. The van der Waals surface area contributed by atoms with E-state index in [1.807, 2.05) is 0 Å². The zero-order valence-electron chi connectivity index (χ0n) is 14.7. The Balaban J connectivity index is -0.0000000457. The van der Waals surface area contributed by atoms with Gasteiger partial charge in [0.25, 0.3) is 0 Å². The minimum Gasteiger partial charge on any atom is -0.400 e. The van der Waals surface area contributed by atoms with E-state index >= 15 is 0 Å². The Labute approximate surface area is 166 Å². The summed E-state index contributed by atoms with van der Waals surface area (Å²) < 4.78 is 9.52. The summed E-state index contributed by atoms with van der Waals surface area (Å²) in [5.41, 5.74) is 0. The maximum Gasteiger partial charge on any atom is 2.00 e. The first kappa shape index (κ1) is 38.4. The minimum absolute atomic E-state index is 0. The Morgan fingerprint density at radius 2 is 1.73 bits per heavy atom. The van der Waals surface area contributed by atoms with Crippen LogP contribution in [-0.2, 0) is 53.9 Å². The summed E-state index contributed by atoms with van der Waals surface area (Å²) in [4.78, 5) is 10.2. The number of carbonyl (C=O) groups is 1. The molecule has 1 aliphatic rings. The van der Waals surface area contributed by atoms with Gasteiger partial charge in [-0.2, -0.15) is 0 Å². The normalized spacial score (nSPS) is 17.5. The van der Waals surface area contributed by atoms with Crippen LogP contribution < -0.4 is 0 Å². The van der Waals surface area contributed by atoms with Crippen LogP contribution in [0.3, 0.4) is 0 Å². The third-order valence-electron chi connectivity index (χ3n) is 2.57. The minimum atomic E-state index is 0. The molecule has 0 saturated heterocycles. The zero-order valence-corrected chi connectivity index (χ0v) is 19.0. The number of hydrogen-bond donors (Lipinski definition) is 1. The van der Waals surface area contributed by atoms with E-state index in [9.17, 15) is 4.79 Å². The van der Waals surface area contributed by atoms with E-state index in [0.29, 0.717) is 12.2 Å². The van der Waals surface area contributed by atoms with E-state index in [4.69, 9.17) is 17.7 Å². The fourth-order valence-corrected chi connectivity index (χ4v) is 1.73. The smallest absolute Gasteiger partial charge is 0.400 e. The molecule has 0 aromatic heterocycles. The molecule has 131 valence electrons. The van der Waals surface area contributed by atoms with Crippen LogP contribution in [0.4, 0.5) is 0 Å². The molecular formula is C15H32BO4VW-. The summed E-state index contributed by atoms with van der Waals surface area (Å²) in [6.45, 7) is 4.47. The molecule has 0 aromatic carbocycles. The standard InChI is InChI=1S/C7H13BO.C5H9O2.CH4O.2CH3.V.W/c1-9-5-6-2-3-7(8)4-6;1-3-5(6)4-7-2;1-2;;;;/h6-7H,2-5H2,1H3;1,3-4H2,2H3;2H,1H3;2*1H3;;/q;-1;;2*-1;;+2. The van der Waals surface area contributed by atoms with Crippen LogP contribution >= 0.6 is 0 Å². The van der Waals surface area contributed by atoms with Crippen LogP contribution in [0.5, 0.6) is 0 Å². The average Bonchev–Trinajstić information content (AvgIpc) is 2.79. The van der Waals surface area contributed by atoms with Crippen LogP contribution in [0.15, 0.2) is 0 Å². The van der Waals surface area contributed by atoms with Crippen molar-refractivity contribution in [2.75, 3.05) is 34.5 Å². The van der Waals surface area contributed by atoms with E-state index < -0.39 is 0 Å². The number of hydrogen-bond acceptors (Lipinski definition) is 4. The Bertz CT molecular complexity index is 198. The van der Waals surface area contributed by atoms with E-state index in [-0.39, 0.29) is 66.9 Å². The van der Waals surface area contributed by atoms with E-state index in [1.165, 1.54) is 20.0 Å². The second kappa shape index (κ2) is 29.8. The second-order valence-corrected chi connectivity index (χ2v) is 4.12. The Morgan fingerprint density at radius 1 is 1.23 bits per heavy atom. The third-order valence-corrected chi connectivity index (χ3v) is 2.57. The van der Waals surface area contributed by atoms with Gasteiger partial charge in [-0.05, 0) is 12.3 Å². The number of carbonyl (C=O) groups excluding carboxylic acids is 1. The molecule has 1 fully saturated rings. The summed E-state index contributed by atoms with van der Waals surface area (Å²) in [6.07, 6.45) is 3.94. The van der Waals surface area contributed by atoms with Gasteiger partial charge in [-0.25, -0.2) is 0 Å². The molecule has 2 atom stereocenters. The molecule has 0 heterocycles. The van der Waals surface area contributed by atoms with Crippen molar-refractivity contribution in [3.8, 4) is 0 Å². The van der Waals surface area contributed by atoms with Crippen molar-refractivity contribution < 1.29 is 59.0 Å². The van der Waals surface area contributed by atoms with E-state index in [2.05, 4.69) is 11.7 Å². The zero-order chi connectivity index (χ0) is 14.4. The fourth-order valence-electron chi connectivity index (χ4n) is 1.73. The monoisotopic (exact) mass is 522 g/mol. The number of ketones is 1. The van der Waals surface area contributed by atoms with Crippen molar-refractivity contribution >= 4 is 13.6 Å². The molecule has 3 radical (unpaired) electrons. The van der Waals surface area contributed by atoms with Crippen LogP contribution in [0.1, 0.15) is 25.7 Å². The number of aliphatic hydroxyl groups excluding tert-OH is 1. The number of ether oxygens (including phenoxy) is 2. The Kier molecular flexibility index (Phi) is 52.2. The molecule has 7 heteroatoms. The molecule has 0 bridgehead atoms. The van der Waals surface area contributed by atoms with Gasteiger partial charge in [0.05, 0.1) is 7.85 Å². The van der Waals surface area contributed by atoms with Crippen LogP contribution in [0.25, 0.3) is 0 Å². The quantitative estimate of drug-likeness (QED) is 0.446. The molecule has 1 aliphatic carbocycles. The van der Waals surface area contributed by atoms with E-state index in [1.54, 1.807) is 7.11 Å². The Morgan fingerprint density at radius 3 is 1.95 bits per heavy atom. The third kappa shape index (κ3) is 25.8. The molecule has 2 unspecified atom stereocenters. The van der Waals surface area contributed by atoms with E-state index in [0.717, 1.165) is 26.1 Å². The van der Waals surface area contributed by atoms with Crippen LogP contribution in [-0.4, -0.2) is 53.3 Å². The van der Waals surface area contributed by atoms with Gasteiger partial charge in [0.2, 0.25) is 0 Å². The van der Waals surface area contributed by atoms with Crippen molar-refractivity contribution in [1.29, 1.82) is 0 Å². The summed E-state index contributed by atoms with van der Waals surface area (Å²) in [5.74, 6) is 1.23. The molecule has 0 spiro atoms. The van der Waals surface area contributed by atoms with Crippen LogP contribution in [0.2, 0.25) is 5.82 Å². The molecule has 0 aliphatic heterocycles. The summed E-state index contributed by atoms with van der Waals surface area (Å²) in [7, 11) is 9.95. The van der Waals surface area contributed by atoms with Gasteiger partial charge >= 0.3 is 21.1 Å². The van der Waals surface area contributed by atoms with Gasteiger partial charge in [0.15, 0.2) is 0 Å². The van der Waals surface area contributed by atoms with Gasteiger partial charge in [-0.15, -0.1) is 6.42 Å². The first-order chi connectivity index (χ1) is 8.63. The maximum atomic E-state index is 10.2. The molecule has 1 N–H and O–H groups in total. The first-order valence-electron chi connectivity index (χ1n) is 6.13. The molecular weight excluding hydrogens is 490 g/mol. The fraction of sp³-hybridized carbons (Fsp3) is 0.733. The van der Waals surface area contributed by atoms with Crippen molar-refractivity contribution in [3.05, 3.63) is 21.8 Å². The predicted molar refractivity (Wildman–Crippen MR) is 86.5 cm³/mol. The van der Waals surface area contributed by atoms with Crippen LogP contribution in [0, 0.1) is 27.7 Å². The number of methoxy groups -OCH3 is 2.